The standard InChI is InChI=1S/C62H40N6O4/c69-61(70)56-31-27-43(36-64-56)50-18-8-11-21-53(50)47-33-46(34-48(35-47)54-22-12-9-19-51(54)44-28-32-57(62(71)72)65-37-44)52-20-10-7-17-49(52)39-23-25-40(26-24-39)55-30-29-45(38-63-55)60-67-58(41-13-3-1-4-14-41)66-59(68-60)42-15-5-2-6-16-42/h1-38H,(H,69,70)(H,71,72). The minimum atomic E-state index is -1.09. The van der Waals surface area contributed by atoms with Gasteiger partial charge in [-0.25, -0.2) is 34.5 Å². The van der Waals surface area contributed by atoms with E-state index in [1.807, 2.05) is 128 Å². The van der Waals surface area contributed by atoms with Gasteiger partial charge < -0.3 is 10.2 Å². The van der Waals surface area contributed by atoms with Crippen LogP contribution < -0.4 is 0 Å². The average Bonchev–Trinajstić information content (AvgIpc) is 3.45. The third-order valence-electron chi connectivity index (χ3n) is 12.4. The van der Waals surface area contributed by atoms with Gasteiger partial charge in [0.15, 0.2) is 17.5 Å². The minimum Gasteiger partial charge on any atom is -0.477 e. The number of nitrogens with zero attached hydrogens (tertiary/aromatic N) is 6. The number of aromatic nitrogens is 6. The van der Waals surface area contributed by atoms with Crippen LogP contribution in [-0.4, -0.2) is 52.1 Å². The topological polar surface area (TPSA) is 152 Å². The number of carboxylic acids is 2. The summed E-state index contributed by atoms with van der Waals surface area (Å²) in [5.41, 5.74) is 15.3. The number of hydrogen-bond acceptors (Lipinski definition) is 8. The van der Waals surface area contributed by atoms with Gasteiger partial charge in [-0.2, -0.15) is 0 Å². The number of pyridine rings is 3. The number of benzene rings is 7. The van der Waals surface area contributed by atoms with Gasteiger partial charge in [0.25, 0.3) is 0 Å². The van der Waals surface area contributed by atoms with E-state index in [4.69, 9.17) is 19.9 Å². The molecule has 11 aromatic rings. The number of hydrogen-bond donors (Lipinski definition) is 2. The zero-order valence-electron chi connectivity index (χ0n) is 38.3. The first-order chi connectivity index (χ1) is 35.3. The highest BCUT2D eigenvalue weighted by Gasteiger charge is 2.18. The zero-order chi connectivity index (χ0) is 49.0. The van der Waals surface area contributed by atoms with E-state index in [0.29, 0.717) is 17.5 Å². The summed E-state index contributed by atoms with van der Waals surface area (Å²) in [6, 6.07) is 69.6. The van der Waals surface area contributed by atoms with Crippen molar-refractivity contribution in [3.8, 4) is 112 Å². The molecule has 4 heterocycles. The Balaban J connectivity index is 0.970. The van der Waals surface area contributed by atoms with Crippen LogP contribution in [0.15, 0.2) is 231 Å². The van der Waals surface area contributed by atoms with E-state index in [9.17, 15) is 19.8 Å². The molecular formula is C62H40N6O4. The molecule has 342 valence electrons. The molecule has 0 aliphatic carbocycles. The van der Waals surface area contributed by atoms with E-state index in [-0.39, 0.29) is 11.4 Å². The Morgan fingerprint density at radius 1 is 0.278 bits per heavy atom. The molecule has 2 N–H and O–H groups in total. The molecule has 0 aliphatic rings. The molecule has 0 bridgehead atoms. The SMILES string of the molecule is O=C(O)c1ccc(-c2ccccc2-c2cc(-c3ccccc3-c3ccc(-c4ccc(-c5nc(-c6ccccc6)nc(-c6ccccc6)n5)cn4)cc3)cc(-c3ccccc3-c3ccc(C(=O)O)nc3)c2)cn1. The quantitative estimate of drug-likeness (QED) is 0.121. The first kappa shape index (κ1) is 44.4. The van der Waals surface area contributed by atoms with Gasteiger partial charge >= 0.3 is 11.9 Å². The Labute approximate surface area is 414 Å². The normalized spacial score (nSPS) is 11.0. The lowest BCUT2D eigenvalue weighted by Gasteiger charge is -2.18. The summed E-state index contributed by atoms with van der Waals surface area (Å²) in [6.45, 7) is 0. The fraction of sp³-hybridized carbons (Fsp3) is 0. The van der Waals surface area contributed by atoms with Crippen molar-refractivity contribution in [3.63, 3.8) is 0 Å². The summed E-state index contributed by atoms with van der Waals surface area (Å²) in [6.07, 6.45) is 5.00. The molecule has 0 radical (unpaired) electrons. The number of aromatic carboxylic acids is 2. The summed E-state index contributed by atoms with van der Waals surface area (Å²) in [5.74, 6) is -0.481. The fourth-order valence-electron chi connectivity index (χ4n) is 8.87. The van der Waals surface area contributed by atoms with Crippen molar-refractivity contribution in [2.45, 2.75) is 0 Å². The summed E-state index contributed by atoms with van der Waals surface area (Å²) in [5, 5.41) is 19.2. The summed E-state index contributed by atoms with van der Waals surface area (Å²) >= 11 is 0. The van der Waals surface area contributed by atoms with Crippen molar-refractivity contribution >= 4 is 11.9 Å². The van der Waals surface area contributed by atoms with Gasteiger partial charge in [0.05, 0.1) is 5.69 Å². The lowest BCUT2D eigenvalue weighted by atomic mass is 9.86. The Kier molecular flexibility index (Phi) is 12.0. The highest BCUT2D eigenvalue weighted by molar-refractivity contribution is 5.95. The van der Waals surface area contributed by atoms with Crippen molar-refractivity contribution < 1.29 is 19.8 Å². The molecule has 0 fully saturated rings. The molecule has 10 nitrogen and oxygen atoms in total. The third kappa shape index (κ3) is 9.14. The van der Waals surface area contributed by atoms with Crippen molar-refractivity contribution in [3.05, 3.63) is 242 Å². The molecule has 72 heavy (non-hydrogen) atoms. The molecular weight excluding hydrogens is 893 g/mol. The predicted molar refractivity (Wildman–Crippen MR) is 281 cm³/mol. The van der Waals surface area contributed by atoms with Crippen LogP contribution in [0.4, 0.5) is 0 Å². The second-order valence-electron chi connectivity index (χ2n) is 17.0. The van der Waals surface area contributed by atoms with Crippen LogP contribution in [-0.2, 0) is 0 Å². The molecule has 4 aromatic heterocycles. The molecule has 0 saturated carbocycles. The summed E-state index contributed by atoms with van der Waals surface area (Å²) in [4.78, 5) is 51.4. The molecule has 7 aromatic carbocycles. The maximum atomic E-state index is 11.7. The van der Waals surface area contributed by atoms with Gasteiger partial charge in [0, 0.05) is 52.0 Å². The summed E-state index contributed by atoms with van der Waals surface area (Å²) < 4.78 is 0. The molecule has 0 unspecified atom stereocenters. The van der Waals surface area contributed by atoms with E-state index >= 15 is 0 Å². The molecule has 11 rings (SSSR count). The van der Waals surface area contributed by atoms with Gasteiger partial charge in [-0.05, 0) is 98.1 Å². The van der Waals surface area contributed by atoms with E-state index in [1.165, 1.54) is 12.1 Å². The monoisotopic (exact) mass is 932 g/mol. The molecule has 10 heteroatoms. The van der Waals surface area contributed by atoms with Crippen LogP contribution in [0.25, 0.3) is 112 Å². The second-order valence-corrected chi connectivity index (χ2v) is 17.0. The Bertz CT molecular complexity index is 3600. The predicted octanol–water partition coefficient (Wildman–Crippen LogP) is 14.1. The van der Waals surface area contributed by atoms with Crippen molar-refractivity contribution in [2.24, 2.45) is 0 Å². The van der Waals surface area contributed by atoms with E-state index < -0.39 is 11.9 Å². The molecule has 0 spiro atoms. The van der Waals surface area contributed by atoms with Crippen LogP contribution in [0.2, 0.25) is 0 Å². The van der Waals surface area contributed by atoms with Crippen molar-refractivity contribution in [2.75, 3.05) is 0 Å². The largest absolute Gasteiger partial charge is 0.477 e. The lowest BCUT2D eigenvalue weighted by Crippen LogP contribution is -2.00. The maximum Gasteiger partial charge on any atom is 0.354 e. The smallest absolute Gasteiger partial charge is 0.354 e. The van der Waals surface area contributed by atoms with Crippen LogP contribution in [0.1, 0.15) is 21.0 Å². The minimum absolute atomic E-state index is 0.0338. The van der Waals surface area contributed by atoms with E-state index in [0.717, 1.165) is 94.7 Å². The average molecular weight is 933 g/mol. The molecule has 0 saturated heterocycles. The lowest BCUT2D eigenvalue weighted by molar-refractivity contribution is 0.0680. The zero-order valence-corrected chi connectivity index (χ0v) is 38.3. The van der Waals surface area contributed by atoms with Crippen LogP contribution in [0.3, 0.4) is 0 Å². The van der Waals surface area contributed by atoms with E-state index in [2.05, 4.69) is 76.7 Å². The van der Waals surface area contributed by atoms with Gasteiger partial charge in [-0.15, -0.1) is 0 Å². The van der Waals surface area contributed by atoms with Crippen LogP contribution in [0, 0.1) is 0 Å². The highest BCUT2D eigenvalue weighted by Crippen LogP contribution is 2.42. The molecule has 0 atom stereocenters. The Morgan fingerprint density at radius 2 is 0.597 bits per heavy atom. The fourth-order valence-corrected chi connectivity index (χ4v) is 8.87. The van der Waals surface area contributed by atoms with Crippen LogP contribution in [0.5, 0.6) is 0 Å². The van der Waals surface area contributed by atoms with Gasteiger partial charge in [-0.1, -0.05) is 170 Å². The molecule has 0 aliphatic heterocycles. The molecule has 0 amide bonds. The van der Waals surface area contributed by atoms with E-state index in [1.54, 1.807) is 24.5 Å². The van der Waals surface area contributed by atoms with Gasteiger partial charge in [-0.3, -0.25) is 4.98 Å². The number of carboxylic acid groups (broad SMARTS) is 2. The number of carbonyl (C=O) groups is 2. The third-order valence-corrected chi connectivity index (χ3v) is 12.4. The second kappa shape index (κ2) is 19.5. The number of rotatable bonds is 12. The highest BCUT2D eigenvalue weighted by atomic mass is 16.4. The maximum absolute atomic E-state index is 11.7. The van der Waals surface area contributed by atoms with Gasteiger partial charge in [0.1, 0.15) is 11.4 Å². The van der Waals surface area contributed by atoms with Gasteiger partial charge in [0.2, 0.25) is 0 Å². The summed E-state index contributed by atoms with van der Waals surface area (Å²) in [7, 11) is 0. The first-order valence-corrected chi connectivity index (χ1v) is 23.1. The van der Waals surface area contributed by atoms with Crippen molar-refractivity contribution in [1.82, 2.24) is 29.9 Å². The first-order valence-electron chi connectivity index (χ1n) is 23.1. The van der Waals surface area contributed by atoms with Crippen molar-refractivity contribution in [1.29, 1.82) is 0 Å². The Hall–Kier alpha value is -10.1. The Morgan fingerprint density at radius 3 is 0.958 bits per heavy atom. The van der Waals surface area contributed by atoms with Crippen LogP contribution >= 0.6 is 0 Å².